The van der Waals surface area contributed by atoms with Crippen molar-refractivity contribution in [1.29, 1.82) is 0 Å². The number of hydrogen-bond acceptors (Lipinski definition) is 2. The first kappa shape index (κ1) is 35.5. The standard InChI is InChI=1S/C57H43N3/c1-57(2)53-29-17-15-27-49(53)50-33-32-46(39-54(50)57)59(44-23-11-5-12-24-44)48-36-41(35-47(38-48)58(42-19-7-3-8-20-42)43-21-9-4-10-22-43)40-31-34-56-52(37-40)51-28-16-18-30-55(51)60(56)45-25-13-6-14-26-45/h3-39H,1-2H3. The molecule has 0 atom stereocenters. The second-order valence-corrected chi connectivity index (χ2v) is 16.2. The van der Waals surface area contributed by atoms with Gasteiger partial charge in [0.15, 0.2) is 0 Å². The minimum Gasteiger partial charge on any atom is -0.310 e. The average molecular weight is 770 g/mol. The molecule has 1 aliphatic carbocycles. The average Bonchev–Trinajstić information content (AvgIpc) is 3.75. The van der Waals surface area contributed by atoms with Gasteiger partial charge < -0.3 is 14.4 Å². The van der Waals surface area contributed by atoms with E-state index in [-0.39, 0.29) is 5.41 Å². The van der Waals surface area contributed by atoms with Crippen molar-refractivity contribution in [2.75, 3.05) is 9.80 Å². The van der Waals surface area contributed by atoms with E-state index in [0.29, 0.717) is 0 Å². The summed E-state index contributed by atoms with van der Waals surface area (Å²) >= 11 is 0. The number of nitrogens with zero attached hydrogens (tertiary/aromatic N) is 3. The van der Waals surface area contributed by atoms with Crippen LogP contribution in [-0.2, 0) is 5.41 Å². The Morgan fingerprint density at radius 1 is 0.333 bits per heavy atom. The van der Waals surface area contributed by atoms with Crippen molar-refractivity contribution in [3.8, 4) is 27.9 Å². The summed E-state index contributed by atoms with van der Waals surface area (Å²) in [6.45, 7) is 4.71. The van der Waals surface area contributed by atoms with Crippen LogP contribution in [0.25, 0.3) is 49.7 Å². The molecule has 0 N–H and O–H groups in total. The highest BCUT2D eigenvalue weighted by Crippen LogP contribution is 2.51. The van der Waals surface area contributed by atoms with E-state index in [2.05, 4.69) is 253 Å². The highest BCUT2D eigenvalue weighted by molar-refractivity contribution is 6.10. The van der Waals surface area contributed by atoms with E-state index >= 15 is 0 Å². The summed E-state index contributed by atoms with van der Waals surface area (Å²) < 4.78 is 2.38. The van der Waals surface area contributed by atoms with Crippen molar-refractivity contribution in [2.24, 2.45) is 0 Å². The molecule has 11 rings (SSSR count). The zero-order chi connectivity index (χ0) is 40.2. The van der Waals surface area contributed by atoms with Crippen LogP contribution in [0.4, 0.5) is 34.1 Å². The fraction of sp³-hybridized carbons (Fsp3) is 0.0526. The van der Waals surface area contributed by atoms with Crippen molar-refractivity contribution < 1.29 is 0 Å². The Bertz CT molecular complexity index is 3130. The van der Waals surface area contributed by atoms with Crippen molar-refractivity contribution in [3.63, 3.8) is 0 Å². The molecule has 1 aliphatic rings. The quantitative estimate of drug-likeness (QED) is 0.152. The molecule has 0 amide bonds. The molecule has 0 unspecified atom stereocenters. The second-order valence-electron chi connectivity index (χ2n) is 16.2. The summed E-state index contributed by atoms with van der Waals surface area (Å²) in [5.74, 6) is 0. The number of anilines is 6. The van der Waals surface area contributed by atoms with Crippen LogP contribution in [0.2, 0.25) is 0 Å². The minimum atomic E-state index is -0.136. The number of aromatic nitrogens is 1. The largest absolute Gasteiger partial charge is 0.310 e. The first-order valence-corrected chi connectivity index (χ1v) is 20.8. The SMILES string of the molecule is CC1(C)c2ccccc2-c2ccc(N(c3ccccc3)c3cc(-c4ccc5c(c4)c4ccccc4n5-c4ccccc4)cc(N(c4ccccc4)c4ccccc4)c3)cc21. The van der Waals surface area contributed by atoms with E-state index < -0.39 is 0 Å². The van der Waals surface area contributed by atoms with E-state index in [1.54, 1.807) is 0 Å². The predicted octanol–water partition coefficient (Wildman–Crippen LogP) is 15.7. The van der Waals surface area contributed by atoms with Gasteiger partial charge in [-0.1, -0.05) is 141 Å². The Morgan fingerprint density at radius 3 is 1.50 bits per heavy atom. The Hall–Kier alpha value is -7.62. The lowest BCUT2D eigenvalue weighted by molar-refractivity contribution is 0.660. The minimum absolute atomic E-state index is 0.136. The van der Waals surface area contributed by atoms with Gasteiger partial charge in [-0.3, -0.25) is 0 Å². The molecular formula is C57H43N3. The molecule has 3 heteroatoms. The number of hydrogen-bond donors (Lipinski definition) is 0. The van der Waals surface area contributed by atoms with Gasteiger partial charge in [0.2, 0.25) is 0 Å². The monoisotopic (exact) mass is 769 g/mol. The summed E-state index contributed by atoms with van der Waals surface area (Å²) in [7, 11) is 0. The van der Waals surface area contributed by atoms with Crippen LogP contribution in [0.3, 0.4) is 0 Å². The van der Waals surface area contributed by atoms with Crippen LogP contribution in [-0.4, -0.2) is 4.57 Å². The molecule has 0 fully saturated rings. The van der Waals surface area contributed by atoms with Crippen molar-refractivity contribution in [2.45, 2.75) is 19.3 Å². The summed E-state index contributed by atoms with van der Waals surface area (Å²) in [5.41, 5.74) is 17.6. The third kappa shape index (κ3) is 5.89. The van der Waals surface area contributed by atoms with E-state index in [1.165, 1.54) is 44.1 Å². The lowest BCUT2D eigenvalue weighted by atomic mass is 9.82. The molecule has 0 saturated carbocycles. The fourth-order valence-corrected chi connectivity index (χ4v) is 9.48. The molecule has 3 nitrogen and oxygen atoms in total. The Labute approximate surface area is 351 Å². The van der Waals surface area contributed by atoms with Gasteiger partial charge in [0.25, 0.3) is 0 Å². The smallest absolute Gasteiger partial charge is 0.0541 e. The fourth-order valence-electron chi connectivity index (χ4n) is 9.48. The highest BCUT2D eigenvalue weighted by Gasteiger charge is 2.36. The van der Waals surface area contributed by atoms with E-state index in [0.717, 1.165) is 50.9 Å². The maximum absolute atomic E-state index is 2.43. The molecule has 9 aromatic carbocycles. The van der Waals surface area contributed by atoms with Crippen LogP contribution in [0.1, 0.15) is 25.0 Å². The first-order chi connectivity index (χ1) is 29.5. The second kappa shape index (κ2) is 14.3. The van der Waals surface area contributed by atoms with Gasteiger partial charge in [-0.25, -0.2) is 0 Å². The van der Waals surface area contributed by atoms with E-state index in [9.17, 15) is 0 Å². The molecule has 1 aromatic heterocycles. The third-order valence-electron chi connectivity index (χ3n) is 12.3. The molecule has 0 bridgehead atoms. The van der Waals surface area contributed by atoms with Crippen LogP contribution < -0.4 is 9.80 Å². The van der Waals surface area contributed by atoms with Crippen LogP contribution in [0.5, 0.6) is 0 Å². The van der Waals surface area contributed by atoms with Crippen molar-refractivity contribution >= 4 is 55.9 Å². The molecule has 286 valence electrons. The third-order valence-corrected chi connectivity index (χ3v) is 12.3. The van der Waals surface area contributed by atoms with Crippen LogP contribution in [0, 0.1) is 0 Å². The topological polar surface area (TPSA) is 11.4 Å². The number of para-hydroxylation sites is 5. The van der Waals surface area contributed by atoms with E-state index in [1.807, 2.05) is 0 Å². The van der Waals surface area contributed by atoms with Gasteiger partial charge in [-0.15, -0.1) is 0 Å². The maximum Gasteiger partial charge on any atom is 0.0541 e. The number of rotatable bonds is 8. The maximum atomic E-state index is 2.43. The Morgan fingerprint density at radius 2 is 0.850 bits per heavy atom. The van der Waals surface area contributed by atoms with Crippen LogP contribution >= 0.6 is 0 Å². The molecule has 60 heavy (non-hydrogen) atoms. The lowest BCUT2D eigenvalue weighted by Gasteiger charge is -2.31. The zero-order valence-corrected chi connectivity index (χ0v) is 33.7. The highest BCUT2D eigenvalue weighted by atomic mass is 15.2. The summed E-state index contributed by atoms with van der Waals surface area (Å²) in [6.07, 6.45) is 0. The van der Waals surface area contributed by atoms with Gasteiger partial charge in [-0.05, 0) is 130 Å². The zero-order valence-electron chi connectivity index (χ0n) is 33.7. The van der Waals surface area contributed by atoms with Crippen molar-refractivity contribution in [3.05, 3.63) is 236 Å². The predicted molar refractivity (Wildman–Crippen MR) is 253 cm³/mol. The molecule has 0 aliphatic heterocycles. The number of benzene rings is 9. The van der Waals surface area contributed by atoms with Gasteiger partial charge >= 0.3 is 0 Å². The Kier molecular flexibility index (Phi) is 8.49. The van der Waals surface area contributed by atoms with Gasteiger partial charge in [-0.2, -0.15) is 0 Å². The Balaban J connectivity index is 1.16. The molecule has 10 aromatic rings. The van der Waals surface area contributed by atoms with Crippen LogP contribution in [0.15, 0.2) is 224 Å². The summed E-state index contributed by atoms with van der Waals surface area (Å²) in [5, 5.41) is 2.46. The van der Waals surface area contributed by atoms with Gasteiger partial charge in [0.05, 0.1) is 11.0 Å². The number of fused-ring (bicyclic) bond motifs is 6. The molecule has 0 radical (unpaired) electrons. The normalized spacial score (nSPS) is 12.6. The van der Waals surface area contributed by atoms with Gasteiger partial charge in [0, 0.05) is 56.0 Å². The van der Waals surface area contributed by atoms with Crippen molar-refractivity contribution in [1.82, 2.24) is 4.57 Å². The van der Waals surface area contributed by atoms with E-state index in [4.69, 9.17) is 0 Å². The lowest BCUT2D eigenvalue weighted by Crippen LogP contribution is -2.17. The first-order valence-electron chi connectivity index (χ1n) is 20.8. The molecule has 1 heterocycles. The summed E-state index contributed by atoms with van der Waals surface area (Å²) in [6, 6.07) is 81.6. The molecule has 0 saturated heterocycles. The summed E-state index contributed by atoms with van der Waals surface area (Å²) in [4.78, 5) is 4.80. The molecular weight excluding hydrogens is 727 g/mol. The molecule has 0 spiro atoms. The van der Waals surface area contributed by atoms with Gasteiger partial charge in [0.1, 0.15) is 0 Å².